The van der Waals surface area contributed by atoms with Crippen molar-refractivity contribution in [3.05, 3.63) is 34.6 Å². The maximum absolute atomic E-state index is 12.7. The van der Waals surface area contributed by atoms with Gasteiger partial charge in [0.15, 0.2) is 5.16 Å². The van der Waals surface area contributed by atoms with Crippen LogP contribution in [0.2, 0.25) is 0 Å². The predicted octanol–water partition coefficient (Wildman–Crippen LogP) is 2.44. The maximum atomic E-state index is 12.7. The van der Waals surface area contributed by atoms with E-state index in [0.29, 0.717) is 29.2 Å². The number of fused-ring (bicyclic) bond motifs is 1. The van der Waals surface area contributed by atoms with E-state index in [0.717, 1.165) is 12.8 Å². The van der Waals surface area contributed by atoms with Gasteiger partial charge in [0, 0.05) is 13.2 Å². The van der Waals surface area contributed by atoms with Gasteiger partial charge in [-0.1, -0.05) is 37.2 Å². The Labute approximate surface area is 152 Å². The third-order valence-corrected chi connectivity index (χ3v) is 4.78. The van der Waals surface area contributed by atoms with Crippen LogP contribution >= 0.6 is 11.8 Å². The molecule has 1 aromatic heterocycles. The highest BCUT2D eigenvalue weighted by atomic mass is 32.2. The van der Waals surface area contributed by atoms with Crippen molar-refractivity contribution in [2.75, 3.05) is 19.5 Å². The second-order valence-electron chi connectivity index (χ2n) is 5.91. The van der Waals surface area contributed by atoms with Crippen LogP contribution in [0.25, 0.3) is 10.9 Å². The largest absolute Gasteiger partial charge is 0.383 e. The quantitative estimate of drug-likeness (QED) is 0.547. The summed E-state index contributed by atoms with van der Waals surface area (Å²) in [6, 6.07) is 7.40. The van der Waals surface area contributed by atoms with Crippen LogP contribution in [0.3, 0.4) is 0 Å². The molecule has 0 aliphatic heterocycles. The Morgan fingerprint density at radius 1 is 1.40 bits per heavy atom. The first kappa shape index (κ1) is 19.5. The van der Waals surface area contributed by atoms with Crippen molar-refractivity contribution in [3.8, 4) is 0 Å². The fourth-order valence-electron chi connectivity index (χ4n) is 2.59. The molecule has 1 N–H and O–H groups in total. The Morgan fingerprint density at radius 3 is 2.88 bits per heavy atom. The molecule has 0 fully saturated rings. The number of ether oxygens (including phenoxy) is 1. The number of amides is 1. The van der Waals surface area contributed by atoms with Crippen molar-refractivity contribution in [1.29, 1.82) is 0 Å². The highest BCUT2D eigenvalue weighted by Crippen LogP contribution is 2.17. The molecule has 1 heterocycles. The van der Waals surface area contributed by atoms with Gasteiger partial charge in [-0.2, -0.15) is 0 Å². The zero-order valence-corrected chi connectivity index (χ0v) is 15.8. The predicted molar refractivity (Wildman–Crippen MR) is 101 cm³/mol. The lowest BCUT2D eigenvalue weighted by Gasteiger charge is -2.14. The summed E-state index contributed by atoms with van der Waals surface area (Å²) in [6.45, 7) is 4.90. The Bertz CT molecular complexity index is 776. The Balaban J connectivity index is 2.20. The third kappa shape index (κ3) is 5.31. The van der Waals surface area contributed by atoms with E-state index in [9.17, 15) is 9.59 Å². The highest BCUT2D eigenvalue weighted by Gasteiger charge is 2.14. The number of aromatic nitrogens is 2. The number of hydrogen-bond donors (Lipinski definition) is 1. The van der Waals surface area contributed by atoms with Crippen molar-refractivity contribution in [2.24, 2.45) is 0 Å². The molecule has 7 heteroatoms. The summed E-state index contributed by atoms with van der Waals surface area (Å²) in [5.41, 5.74) is 0.535. The minimum absolute atomic E-state index is 0.0494. The van der Waals surface area contributed by atoms with Gasteiger partial charge in [0.2, 0.25) is 5.91 Å². The summed E-state index contributed by atoms with van der Waals surface area (Å²) < 4.78 is 6.68. The van der Waals surface area contributed by atoms with E-state index in [4.69, 9.17) is 4.74 Å². The minimum atomic E-state index is -0.107. The average Bonchev–Trinajstić information content (AvgIpc) is 2.59. The smallest absolute Gasteiger partial charge is 0.262 e. The van der Waals surface area contributed by atoms with E-state index in [2.05, 4.69) is 17.2 Å². The number of thioether (sulfide) groups is 1. The normalized spacial score (nSPS) is 12.3. The monoisotopic (exact) mass is 363 g/mol. The number of benzene rings is 1. The number of nitrogens with one attached hydrogen (secondary N) is 1. The van der Waals surface area contributed by atoms with Crippen LogP contribution in [0.1, 0.15) is 26.7 Å². The number of rotatable bonds is 9. The molecule has 0 radical (unpaired) electrons. The van der Waals surface area contributed by atoms with Crippen molar-refractivity contribution >= 4 is 28.6 Å². The average molecular weight is 363 g/mol. The summed E-state index contributed by atoms with van der Waals surface area (Å²) in [4.78, 5) is 29.4. The van der Waals surface area contributed by atoms with Crippen LogP contribution in [-0.4, -0.2) is 41.0 Å². The molecule has 0 aliphatic rings. The zero-order valence-electron chi connectivity index (χ0n) is 14.9. The zero-order chi connectivity index (χ0) is 18.2. The molecule has 0 bridgehead atoms. The number of methoxy groups -OCH3 is 1. The molecule has 0 spiro atoms. The molecule has 0 saturated heterocycles. The molecule has 6 nitrogen and oxygen atoms in total. The Morgan fingerprint density at radius 2 is 2.16 bits per heavy atom. The van der Waals surface area contributed by atoms with Crippen molar-refractivity contribution in [1.82, 2.24) is 14.9 Å². The number of carbonyl (C=O) groups excluding carboxylic acids is 1. The number of hydrogen-bond acceptors (Lipinski definition) is 5. The fourth-order valence-corrected chi connectivity index (χ4v) is 3.43. The maximum Gasteiger partial charge on any atom is 0.262 e. The second kappa shape index (κ2) is 9.58. The number of carbonyl (C=O) groups is 1. The lowest BCUT2D eigenvalue weighted by molar-refractivity contribution is -0.119. The topological polar surface area (TPSA) is 73.2 Å². The first-order valence-electron chi connectivity index (χ1n) is 8.47. The standard InChI is InChI=1S/C18H25N3O3S/c1-4-7-13(2)19-16(22)12-25-18-20-15-9-6-5-8-14(15)17(23)21(18)10-11-24-3/h5-6,8-9,13H,4,7,10-12H2,1-3H3,(H,19,22). The van der Waals surface area contributed by atoms with Gasteiger partial charge in [-0.3, -0.25) is 14.2 Å². The first-order chi connectivity index (χ1) is 12.1. The van der Waals surface area contributed by atoms with E-state index >= 15 is 0 Å². The van der Waals surface area contributed by atoms with Crippen molar-refractivity contribution < 1.29 is 9.53 Å². The van der Waals surface area contributed by atoms with E-state index in [-0.39, 0.29) is 23.3 Å². The molecule has 1 unspecified atom stereocenters. The minimum Gasteiger partial charge on any atom is -0.383 e. The number of para-hydroxylation sites is 1. The molecule has 1 aromatic carbocycles. The van der Waals surface area contributed by atoms with Gasteiger partial charge in [-0.25, -0.2) is 4.98 Å². The number of nitrogens with zero attached hydrogens (tertiary/aromatic N) is 2. The van der Waals surface area contributed by atoms with Gasteiger partial charge in [0.05, 0.1) is 29.8 Å². The molecule has 0 aliphatic carbocycles. The van der Waals surface area contributed by atoms with Gasteiger partial charge in [-0.05, 0) is 25.5 Å². The summed E-state index contributed by atoms with van der Waals surface area (Å²) in [5.74, 6) is 0.179. The van der Waals surface area contributed by atoms with Crippen LogP contribution < -0.4 is 10.9 Å². The van der Waals surface area contributed by atoms with Gasteiger partial charge in [0.25, 0.3) is 5.56 Å². The Hall–Kier alpha value is -1.86. The summed E-state index contributed by atoms with van der Waals surface area (Å²) in [7, 11) is 1.59. The molecular weight excluding hydrogens is 338 g/mol. The molecule has 136 valence electrons. The van der Waals surface area contributed by atoms with E-state index in [1.165, 1.54) is 11.8 Å². The van der Waals surface area contributed by atoms with E-state index < -0.39 is 0 Å². The van der Waals surface area contributed by atoms with Crippen LogP contribution in [0.4, 0.5) is 0 Å². The summed E-state index contributed by atoms with van der Waals surface area (Å²) in [6.07, 6.45) is 1.97. The molecule has 25 heavy (non-hydrogen) atoms. The molecular formula is C18H25N3O3S. The highest BCUT2D eigenvalue weighted by molar-refractivity contribution is 7.99. The molecule has 1 amide bonds. The molecule has 2 rings (SSSR count). The van der Waals surface area contributed by atoms with Crippen molar-refractivity contribution in [3.63, 3.8) is 0 Å². The van der Waals surface area contributed by atoms with Crippen LogP contribution in [-0.2, 0) is 16.1 Å². The van der Waals surface area contributed by atoms with E-state index in [1.807, 2.05) is 25.1 Å². The van der Waals surface area contributed by atoms with Crippen LogP contribution in [0.15, 0.2) is 34.2 Å². The van der Waals surface area contributed by atoms with Gasteiger partial charge in [0.1, 0.15) is 0 Å². The fraction of sp³-hybridized carbons (Fsp3) is 0.500. The first-order valence-corrected chi connectivity index (χ1v) is 9.46. The van der Waals surface area contributed by atoms with Crippen LogP contribution in [0, 0.1) is 0 Å². The molecule has 2 aromatic rings. The molecule has 1 atom stereocenters. The second-order valence-corrected chi connectivity index (χ2v) is 6.85. The van der Waals surface area contributed by atoms with Gasteiger partial charge < -0.3 is 10.1 Å². The van der Waals surface area contributed by atoms with Crippen molar-refractivity contribution in [2.45, 2.75) is 44.4 Å². The third-order valence-electron chi connectivity index (χ3n) is 3.81. The van der Waals surface area contributed by atoms with Crippen LogP contribution in [0.5, 0.6) is 0 Å². The lowest BCUT2D eigenvalue weighted by atomic mass is 10.2. The van der Waals surface area contributed by atoms with E-state index in [1.54, 1.807) is 17.7 Å². The summed E-state index contributed by atoms with van der Waals surface area (Å²) in [5, 5.41) is 4.08. The molecule has 0 saturated carbocycles. The summed E-state index contributed by atoms with van der Waals surface area (Å²) >= 11 is 1.28. The van der Waals surface area contributed by atoms with Gasteiger partial charge in [-0.15, -0.1) is 0 Å². The Kier molecular flexibility index (Phi) is 7.46. The lowest BCUT2D eigenvalue weighted by Crippen LogP contribution is -2.34. The SMILES string of the molecule is CCCC(C)NC(=O)CSc1nc2ccccc2c(=O)n1CCOC. The van der Waals surface area contributed by atoms with Gasteiger partial charge >= 0.3 is 0 Å².